The van der Waals surface area contributed by atoms with E-state index in [-0.39, 0.29) is 18.9 Å². The molecule has 0 unspecified atom stereocenters. The van der Waals surface area contributed by atoms with Gasteiger partial charge in [-0.2, -0.15) is 0 Å². The van der Waals surface area contributed by atoms with Gasteiger partial charge in [-0.05, 0) is 0 Å². The van der Waals surface area contributed by atoms with Crippen LogP contribution in [0.4, 0.5) is 0 Å². The predicted octanol–water partition coefficient (Wildman–Crippen LogP) is -0.361. The fourth-order valence-electron chi connectivity index (χ4n) is 2.34. The Morgan fingerprint density at radius 1 is 0.800 bits per heavy atom. The van der Waals surface area contributed by atoms with E-state index in [1.54, 1.807) is 0 Å². The van der Waals surface area contributed by atoms with Crippen molar-refractivity contribution in [2.24, 2.45) is 0 Å². The first-order chi connectivity index (χ1) is 4.45. The van der Waals surface area contributed by atoms with Crippen LogP contribution in [0.3, 0.4) is 0 Å². The van der Waals surface area contributed by atoms with Crippen molar-refractivity contribution in [3.63, 3.8) is 0 Å². The molecule has 2 fully saturated rings. The average molecular weight is 128 g/mol. The van der Waals surface area contributed by atoms with Crippen LogP contribution in [0.25, 0.3) is 0 Å². The molecule has 0 N–H and O–H groups in total. The maximum Gasteiger partial charge on any atom is 1.00 e. The molecular weight excluding hydrogens is 114 g/mol. The van der Waals surface area contributed by atoms with Gasteiger partial charge in [-0.3, -0.25) is 0 Å². The molecule has 0 aromatic heterocycles. The van der Waals surface area contributed by atoms with Crippen molar-refractivity contribution in [1.82, 2.24) is 0 Å². The molecule has 0 saturated carbocycles. The fourth-order valence-corrected chi connectivity index (χ4v) is 2.34. The molecule has 0 nitrogen and oxygen atoms in total. The van der Waals surface area contributed by atoms with E-state index in [2.05, 4.69) is 7.28 Å². The van der Waals surface area contributed by atoms with Gasteiger partial charge in [-0.15, -0.1) is 0 Å². The Kier molecular flexibility index (Phi) is 3.40. The molecule has 2 aliphatic rings. The summed E-state index contributed by atoms with van der Waals surface area (Å²) in [6, 6.07) is 0. The van der Waals surface area contributed by atoms with Crippen LogP contribution < -0.4 is 18.9 Å². The second-order valence-corrected chi connectivity index (χ2v) is 3.57. The average Bonchev–Trinajstić information content (AvgIpc) is 1.88. The molecule has 2 radical (unpaired) electrons. The van der Waals surface area contributed by atoms with Crippen molar-refractivity contribution >= 4 is 7.28 Å². The summed E-state index contributed by atoms with van der Waals surface area (Å²) in [5.41, 5.74) is 0. The van der Waals surface area contributed by atoms with Crippen LogP contribution in [0.15, 0.2) is 0 Å². The Morgan fingerprint density at radius 2 is 1.20 bits per heavy atom. The molecule has 2 rings (SSSR count). The van der Waals surface area contributed by atoms with Crippen LogP contribution in [0.2, 0.25) is 11.6 Å². The molecule has 2 bridgehead atoms. The first-order valence-corrected chi connectivity index (χ1v) is 4.30. The van der Waals surface area contributed by atoms with Crippen LogP contribution in [0.1, 0.15) is 38.5 Å². The Bertz CT molecular complexity index is 85.4. The maximum atomic E-state index is 2.62. The summed E-state index contributed by atoms with van der Waals surface area (Å²) in [5.74, 6) is 2.05. The molecule has 0 aliphatic carbocycles. The molecule has 10 heavy (non-hydrogen) atoms. The summed E-state index contributed by atoms with van der Waals surface area (Å²) in [5, 5.41) is 0. The van der Waals surface area contributed by atoms with E-state index in [1.165, 1.54) is 38.5 Å². The van der Waals surface area contributed by atoms with Crippen molar-refractivity contribution in [3.8, 4) is 0 Å². The van der Waals surface area contributed by atoms with Gasteiger partial charge in [0.1, 0.15) is 0 Å². The van der Waals surface area contributed by atoms with Crippen LogP contribution in [-0.4, -0.2) is 7.28 Å². The standard InChI is InChI=1S/C8H14B.Li/c1-3-7-5-2-6-8(4-1)9-7;/h7-8H,1-6H2;/q-1;+1. The Labute approximate surface area is 76.6 Å². The van der Waals surface area contributed by atoms with Gasteiger partial charge in [0.15, 0.2) is 0 Å². The van der Waals surface area contributed by atoms with Crippen molar-refractivity contribution in [2.45, 2.75) is 50.2 Å². The third-order valence-corrected chi connectivity index (χ3v) is 2.84. The molecule has 0 aromatic rings. The molecule has 0 amide bonds. The van der Waals surface area contributed by atoms with Crippen LogP contribution in [0.5, 0.6) is 0 Å². The Hall–Kier alpha value is 0.662. The normalized spacial score (nSPS) is 38.4. The molecule has 2 heteroatoms. The molecule has 0 atom stereocenters. The summed E-state index contributed by atoms with van der Waals surface area (Å²) in [6.45, 7) is 0. The first kappa shape index (κ1) is 8.76. The second-order valence-electron chi connectivity index (χ2n) is 3.57. The Morgan fingerprint density at radius 3 is 1.50 bits per heavy atom. The van der Waals surface area contributed by atoms with Crippen molar-refractivity contribution in [2.75, 3.05) is 0 Å². The molecule has 2 heterocycles. The van der Waals surface area contributed by atoms with E-state index >= 15 is 0 Å². The van der Waals surface area contributed by atoms with Gasteiger partial charge in [0.05, 0.1) is 0 Å². The van der Waals surface area contributed by atoms with Crippen LogP contribution >= 0.6 is 0 Å². The van der Waals surface area contributed by atoms with Gasteiger partial charge >= 0.3 is 18.9 Å². The van der Waals surface area contributed by atoms with Gasteiger partial charge in [0.25, 0.3) is 0 Å². The summed E-state index contributed by atoms with van der Waals surface area (Å²) >= 11 is 0. The number of hydrogen-bond donors (Lipinski definition) is 0. The number of fused-ring (bicyclic) bond motifs is 2. The zero-order valence-corrected chi connectivity index (χ0v) is 6.97. The van der Waals surface area contributed by atoms with E-state index < -0.39 is 0 Å². The third-order valence-electron chi connectivity index (χ3n) is 2.84. The Balaban J connectivity index is 0.000000500. The topological polar surface area (TPSA) is 0 Å². The van der Waals surface area contributed by atoms with E-state index in [0.29, 0.717) is 0 Å². The minimum absolute atomic E-state index is 0. The zero-order chi connectivity index (χ0) is 6.10. The molecular formula is C8H14BLi. The molecule has 0 aromatic carbocycles. The number of rotatable bonds is 0. The van der Waals surface area contributed by atoms with Crippen molar-refractivity contribution < 1.29 is 18.9 Å². The summed E-state index contributed by atoms with van der Waals surface area (Å²) in [4.78, 5) is 0. The second kappa shape index (κ2) is 3.88. The van der Waals surface area contributed by atoms with Gasteiger partial charge in [-0.25, -0.2) is 11.6 Å². The quantitative estimate of drug-likeness (QED) is 0.391. The van der Waals surface area contributed by atoms with Gasteiger partial charge in [0.2, 0.25) is 0 Å². The van der Waals surface area contributed by atoms with Crippen LogP contribution in [0, 0.1) is 0 Å². The minimum Gasteiger partial charge on any atom is -0.328 e. The predicted molar refractivity (Wildman–Crippen MR) is 41.0 cm³/mol. The van der Waals surface area contributed by atoms with Gasteiger partial charge in [0, 0.05) is 0 Å². The van der Waals surface area contributed by atoms with E-state index in [9.17, 15) is 0 Å². The summed E-state index contributed by atoms with van der Waals surface area (Å²) in [6.07, 6.45) is 9.00. The smallest absolute Gasteiger partial charge is 0.328 e. The molecule has 2 aliphatic heterocycles. The largest absolute Gasteiger partial charge is 1.00 e. The molecule has 50 valence electrons. The number of hydrogen-bond acceptors (Lipinski definition) is 0. The van der Waals surface area contributed by atoms with Crippen molar-refractivity contribution in [1.29, 1.82) is 0 Å². The minimum atomic E-state index is 0. The maximum absolute atomic E-state index is 2.62. The van der Waals surface area contributed by atoms with E-state index in [0.717, 1.165) is 11.6 Å². The van der Waals surface area contributed by atoms with Crippen LogP contribution in [-0.2, 0) is 0 Å². The third kappa shape index (κ3) is 1.83. The SMILES string of the molecule is [B-]1C2CCCC1CCC2.[Li+]. The van der Waals surface area contributed by atoms with Crippen molar-refractivity contribution in [3.05, 3.63) is 0 Å². The first-order valence-electron chi connectivity index (χ1n) is 4.30. The summed E-state index contributed by atoms with van der Waals surface area (Å²) < 4.78 is 0. The van der Waals surface area contributed by atoms with E-state index in [4.69, 9.17) is 0 Å². The molecule has 2 saturated heterocycles. The van der Waals surface area contributed by atoms with Gasteiger partial charge < -0.3 is 7.28 Å². The summed E-state index contributed by atoms with van der Waals surface area (Å²) in [7, 11) is 2.62. The monoisotopic (exact) mass is 128 g/mol. The van der Waals surface area contributed by atoms with E-state index in [1.807, 2.05) is 0 Å². The zero-order valence-electron chi connectivity index (χ0n) is 6.97. The van der Waals surface area contributed by atoms with Gasteiger partial charge in [-0.1, -0.05) is 38.5 Å². The fraction of sp³-hybridized carbons (Fsp3) is 1.00. The molecule has 0 spiro atoms.